The number of nitro groups is 1. The number of rotatable bonds is 2. The van der Waals surface area contributed by atoms with Crippen LogP contribution in [0.15, 0.2) is 12.1 Å². The molecular formula is C11H8FNO4S. The predicted octanol–water partition coefficient (Wildman–Crippen LogP) is 1.80. The Morgan fingerprint density at radius 3 is 2.78 bits per heavy atom. The van der Waals surface area contributed by atoms with Crippen LogP contribution < -0.4 is 0 Å². The summed E-state index contributed by atoms with van der Waals surface area (Å²) in [7, 11) is 1.05. The van der Waals surface area contributed by atoms with Gasteiger partial charge in [0.1, 0.15) is 11.4 Å². The number of carbonyl (C=O) groups excluding carboxylic acids is 1. The molecule has 0 bridgehead atoms. The maximum absolute atomic E-state index is 13.6. The Labute approximate surface area is 108 Å². The van der Waals surface area contributed by atoms with Gasteiger partial charge in [-0.05, 0) is 6.07 Å². The fourth-order valence-electron chi connectivity index (χ4n) is 1.22. The maximum atomic E-state index is 13.6. The average Bonchev–Trinajstić information content (AvgIpc) is 2.35. The number of carbonyl (C=O) groups is 1. The number of thiol groups is 1. The number of nitrogens with zero attached hydrogens (tertiary/aromatic N) is 1. The van der Waals surface area contributed by atoms with Gasteiger partial charge in [0, 0.05) is 6.07 Å². The lowest BCUT2D eigenvalue weighted by Crippen LogP contribution is -2.07. The Kier molecular flexibility index (Phi) is 4.68. The van der Waals surface area contributed by atoms with Gasteiger partial charge in [-0.15, -0.1) is 0 Å². The van der Waals surface area contributed by atoms with Crippen molar-refractivity contribution in [3.05, 3.63) is 39.2 Å². The topological polar surface area (TPSA) is 69.4 Å². The Balaban J connectivity index is 3.43. The molecule has 0 fully saturated rings. The van der Waals surface area contributed by atoms with Crippen molar-refractivity contribution in [1.82, 2.24) is 0 Å². The van der Waals surface area contributed by atoms with Gasteiger partial charge in [-0.3, -0.25) is 10.1 Å². The van der Waals surface area contributed by atoms with E-state index in [-0.39, 0.29) is 11.3 Å². The van der Waals surface area contributed by atoms with Crippen LogP contribution in [-0.2, 0) is 4.74 Å². The first kappa shape index (κ1) is 14.0. The summed E-state index contributed by atoms with van der Waals surface area (Å²) in [4.78, 5) is 21.3. The molecule has 0 spiro atoms. The molecule has 0 N–H and O–H groups in total. The fourth-order valence-corrected chi connectivity index (χ4v) is 1.30. The largest absolute Gasteiger partial charge is 0.465 e. The molecule has 1 rings (SSSR count). The molecule has 0 saturated carbocycles. The van der Waals surface area contributed by atoms with Crippen molar-refractivity contribution >= 4 is 24.3 Å². The van der Waals surface area contributed by atoms with E-state index in [1.807, 2.05) is 0 Å². The molecule has 0 aromatic heterocycles. The van der Waals surface area contributed by atoms with Crippen LogP contribution in [0, 0.1) is 27.8 Å². The highest BCUT2D eigenvalue weighted by Gasteiger charge is 2.23. The molecule has 0 aliphatic heterocycles. The first-order chi connectivity index (χ1) is 8.51. The molecule has 0 aliphatic carbocycles. The molecule has 0 aliphatic rings. The van der Waals surface area contributed by atoms with Gasteiger partial charge in [0.2, 0.25) is 0 Å². The van der Waals surface area contributed by atoms with Gasteiger partial charge in [0.15, 0.2) is 0 Å². The molecular weight excluding hydrogens is 261 g/mol. The number of hydrogen-bond donors (Lipinski definition) is 1. The Morgan fingerprint density at radius 1 is 1.61 bits per heavy atom. The summed E-state index contributed by atoms with van der Waals surface area (Å²) in [5, 5.41) is 10.8. The second kappa shape index (κ2) is 6.02. The normalized spacial score (nSPS) is 9.28. The number of hydrogen-bond acceptors (Lipinski definition) is 5. The summed E-state index contributed by atoms with van der Waals surface area (Å²) < 4.78 is 17.9. The second-order valence-electron chi connectivity index (χ2n) is 3.06. The third-order valence-corrected chi connectivity index (χ3v) is 2.15. The van der Waals surface area contributed by atoms with Crippen molar-refractivity contribution < 1.29 is 18.8 Å². The summed E-state index contributed by atoms with van der Waals surface area (Å²) in [6, 6.07) is 1.64. The van der Waals surface area contributed by atoms with E-state index in [0.717, 1.165) is 19.2 Å². The lowest BCUT2D eigenvalue weighted by molar-refractivity contribution is -0.385. The van der Waals surface area contributed by atoms with E-state index in [9.17, 15) is 19.3 Å². The molecule has 0 radical (unpaired) electrons. The van der Waals surface area contributed by atoms with Gasteiger partial charge in [-0.25, -0.2) is 9.18 Å². The van der Waals surface area contributed by atoms with Crippen LogP contribution in [0.5, 0.6) is 0 Å². The van der Waals surface area contributed by atoms with Crippen LogP contribution in [0.1, 0.15) is 15.9 Å². The third-order valence-electron chi connectivity index (χ3n) is 1.99. The van der Waals surface area contributed by atoms with Crippen LogP contribution in [0.2, 0.25) is 0 Å². The molecule has 94 valence electrons. The monoisotopic (exact) mass is 269 g/mol. The first-order valence-corrected chi connectivity index (χ1v) is 5.30. The van der Waals surface area contributed by atoms with E-state index < -0.39 is 28.0 Å². The Hall–Kier alpha value is -2.07. The highest BCUT2D eigenvalue weighted by atomic mass is 32.1. The minimum absolute atomic E-state index is 0.164. The number of methoxy groups -OCH3 is 1. The van der Waals surface area contributed by atoms with Gasteiger partial charge in [0.25, 0.3) is 5.69 Å². The van der Waals surface area contributed by atoms with Crippen LogP contribution in [-0.4, -0.2) is 23.8 Å². The van der Waals surface area contributed by atoms with E-state index in [4.69, 9.17) is 0 Å². The standard InChI is InChI=1S/C11H8FNO4S/c1-17-11(14)8-6-9(12)7(3-2-4-18)5-10(8)13(15)16/h5-6,18H,4H2,1H3. The number of nitro benzene ring substituents is 1. The fraction of sp³-hybridized carbons (Fsp3) is 0.182. The zero-order chi connectivity index (χ0) is 13.7. The van der Waals surface area contributed by atoms with E-state index in [1.165, 1.54) is 0 Å². The minimum atomic E-state index is -0.977. The molecule has 0 atom stereocenters. The van der Waals surface area contributed by atoms with Gasteiger partial charge in [-0.2, -0.15) is 12.6 Å². The molecule has 0 saturated heterocycles. The predicted molar refractivity (Wildman–Crippen MR) is 65.1 cm³/mol. The van der Waals surface area contributed by atoms with Gasteiger partial charge >= 0.3 is 5.97 Å². The molecule has 0 amide bonds. The molecule has 0 unspecified atom stereocenters. The average molecular weight is 269 g/mol. The lowest BCUT2D eigenvalue weighted by atomic mass is 10.1. The van der Waals surface area contributed by atoms with Crippen LogP contribution in [0.25, 0.3) is 0 Å². The molecule has 1 aromatic carbocycles. The zero-order valence-electron chi connectivity index (χ0n) is 9.27. The Morgan fingerprint density at radius 2 is 2.28 bits per heavy atom. The highest BCUT2D eigenvalue weighted by Crippen LogP contribution is 2.23. The molecule has 0 heterocycles. The summed E-state index contributed by atoms with van der Waals surface area (Å²) >= 11 is 3.82. The summed E-state index contributed by atoms with van der Waals surface area (Å²) in [5.74, 6) is 3.24. The molecule has 7 heteroatoms. The van der Waals surface area contributed by atoms with E-state index >= 15 is 0 Å². The third kappa shape index (κ3) is 2.99. The molecule has 18 heavy (non-hydrogen) atoms. The van der Waals surface area contributed by atoms with Crippen molar-refractivity contribution in [3.63, 3.8) is 0 Å². The quantitative estimate of drug-likeness (QED) is 0.292. The molecule has 5 nitrogen and oxygen atoms in total. The minimum Gasteiger partial charge on any atom is -0.465 e. The number of benzene rings is 1. The molecule has 1 aromatic rings. The SMILES string of the molecule is COC(=O)c1cc(F)c(C#CCS)cc1[N+](=O)[O-]. The maximum Gasteiger partial charge on any atom is 0.344 e. The second-order valence-corrected chi connectivity index (χ2v) is 3.37. The van der Waals surface area contributed by atoms with Gasteiger partial charge in [0.05, 0.1) is 23.3 Å². The van der Waals surface area contributed by atoms with Crippen molar-refractivity contribution in [2.24, 2.45) is 0 Å². The van der Waals surface area contributed by atoms with E-state index in [1.54, 1.807) is 0 Å². The Bertz CT molecular complexity index is 562. The summed E-state index contributed by atoms with van der Waals surface area (Å²) in [6.07, 6.45) is 0. The highest BCUT2D eigenvalue weighted by molar-refractivity contribution is 7.80. The number of esters is 1. The van der Waals surface area contributed by atoms with Crippen LogP contribution in [0.4, 0.5) is 10.1 Å². The van der Waals surface area contributed by atoms with Crippen molar-refractivity contribution in [3.8, 4) is 11.8 Å². The zero-order valence-corrected chi connectivity index (χ0v) is 10.2. The van der Waals surface area contributed by atoms with Crippen molar-refractivity contribution in [1.29, 1.82) is 0 Å². The van der Waals surface area contributed by atoms with Gasteiger partial charge in [-0.1, -0.05) is 11.8 Å². The summed E-state index contributed by atoms with van der Waals surface area (Å²) in [5.41, 5.74) is -1.16. The van der Waals surface area contributed by atoms with Crippen molar-refractivity contribution in [2.75, 3.05) is 12.9 Å². The first-order valence-electron chi connectivity index (χ1n) is 4.67. The van der Waals surface area contributed by atoms with Gasteiger partial charge < -0.3 is 4.74 Å². The van der Waals surface area contributed by atoms with E-state index in [2.05, 4.69) is 29.2 Å². The summed E-state index contributed by atoms with van der Waals surface area (Å²) in [6.45, 7) is 0. The number of halogens is 1. The van der Waals surface area contributed by atoms with Crippen molar-refractivity contribution in [2.45, 2.75) is 0 Å². The lowest BCUT2D eigenvalue weighted by Gasteiger charge is -2.02. The van der Waals surface area contributed by atoms with E-state index in [0.29, 0.717) is 0 Å². The van der Waals surface area contributed by atoms with Crippen LogP contribution >= 0.6 is 12.6 Å². The number of ether oxygens (including phenoxy) is 1. The smallest absolute Gasteiger partial charge is 0.344 e. The van der Waals surface area contributed by atoms with Crippen LogP contribution in [0.3, 0.4) is 0 Å².